The number of hydrogen-bond acceptors (Lipinski definition) is 7. The van der Waals surface area contributed by atoms with Gasteiger partial charge in [-0.3, -0.25) is 0 Å². The zero-order valence-electron chi connectivity index (χ0n) is 14.2. The molecule has 0 unspecified atom stereocenters. The van der Waals surface area contributed by atoms with Crippen molar-refractivity contribution in [3.8, 4) is 11.5 Å². The molecule has 8 heteroatoms. The van der Waals surface area contributed by atoms with Crippen molar-refractivity contribution in [2.24, 2.45) is 5.10 Å². The number of aromatic nitrogens is 4. The Kier molecular flexibility index (Phi) is 3.85. The molecule has 2 aromatic carbocycles. The first-order chi connectivity index (χ1) is 12.6. The summed E-state index contributed by atoms with van der Waals surface area (Å²) >= 11 is 0. The number of nitrogens with one attached hydrogen (secondary N) is 2. The fraction of sp³-hybridized carbons (Fsp3) is 0.111. The molecule has 3 N–H and O–H groups in total. The molecule has 0 fully saturated rings. The highest BCUT2D eigenvalue weighted by atomic mass is 16.5. The maximum Gasteiger partial charge on any atom is 0.265 e. The van der Waals surface area contributed by atoms with E-state index in [4.69, 9.17) is 4.74 Å². The maximum atomic E-state index is 9.60. The van der Waals surface area contributed by atoms with Crippen molar-refractivity contribution in [1.29, 1.82) is 0 Å². The van der Waals surface area contributed by atoms with Gasteiger partial charge in [-0.1, -0.05) is 11.6 Å². The molecule has 130 valence electrons. The van der Waals surface area contributed by atoms with Gasteiger partial charge in [0.15, 0.2) is 17.1 Å². The predicted molar refractivity (Wildman–Crippen MR) is 99.8 cm³/mol. The van der Waals surface area contributed by atoms with Crippen LogP contribution in [0.15, 0.2) is 41.5 Å². The Morgan fingerprint density at radius 1 is 1.19 bits per heavy atom. The minimum absolute atomic E-state index is 0.0737. The lowest BCUT2D eigenvalue weighted by Gasteiger charge is -2.03. The topological polar surface area (TPSA) is 108 Å². The summed E-state index contributed by atoms with van der Waals surface area (Å²) in [5, 5.41) is 23.0. The summed E-state index contributed by atoms with van der Waals surface area (Å²) in [5.41, 5.74) is 6.99. The Labute approximate surface area is 148 Å². The molecule has 2 heterocycles. The maximum absolute atomic E-state index is 9.60. The molecule has 0 saturated carbocycles. The summed E-state index contributed by atoms with van der Waals surface area (Å²) in [6.45, 7) is 2.03. The number of H-pyrrole nitrogens is 1. The van der Waals surface area contributed by atoms with Crippen molar-refractivity contribution in [3.63, 3.8) is 0 Å². The molecule has 8 nitrogen and oxygen atoms in total. The first-order valence-electron chi connectivity index (χ1n) is 7.93. The van der Waals surface area contributed by atoms with E-state index in [9.17, 15) is 5.11 Å². The minimum Gasteiger partial charge on any atom is -0.504 e. The molecule has 4 aromatic rings. The van der Waals surface area contributed by atoms with Gasteiger partial charge >= 0.3 is 0 Å². The van der Waals surface area contributed by atoms with Gasteiger partial charge in [0, 0.05) is 10.9 Å². The highest BCUT2D eigenvalue weighted by molar-refractivity contribution is 6.03. The standard InChI is InChI=1S/C18H16N6O2/c1-10-3-5-13-12(7-10)16-17(20-13)21-18(24-22-16)23-19-9-11-4-6-14(25)15(8-11)26-2/h3-9,25H,1-2H3,(H2,20,21,23,24). The van der Waals surface area contributed by atoms with E-state index in [-0.39, 0.29) is 11.7 Å². The number of ether oxygens (including phenoxy) is 1. The van der Waals surface area contributed by atoms with Crippen LogP contribution in [0, 0.1) is 6.92 Å². The average Bonchev–Trinajstić information content (AvgIpc) is 3.00. The zero-order chi connectivity index (χ0) is 18.1. The predicted octanol–water partition coefficient (Wildman–Crippen LogP) is 2.97. The van der Waals surface area contributed by atoms with E-state index in [0.29, 0.717) is 11.4 Å². The molecule has 0 aliphatic rings. The van der Waals surface area contributed by atoms with Gasteiger partial charge in [0.1, 0.15) is 5.52 Å². The summed E-state index contributed by atoms with van der Waals surface area (Å²) < 4.78 is 5.06. The van der Waals surface area contributed by atoms with Crippen molar-refractivity contribution in [1.82, 2.24) is 20.2 Å². The smallest absolute Gasteiger partial charge is 0.265 e. The number of nitrogens with zero attached hydrogens (tertiary/aromatic N) is 4. The lowest BCUT2D eigenvalue weighted by molar-refractivity contribution is 0.373. The number of benzene rings is 2. The molecular weight excluding hydrogens is 332 g/mol. The molecule has 0 spiro atoms. The van der Waals surface area contributed by atoms with E-state index < -0.39 is 0 Å². The lowest BCUT2D eigenvalue weighted by Crippen LogP contribution is -1.99. The molecule has 0 aliphatic heterocycles. The number of phenolic OH excluding ortho intramolecular Hbond substituents is 1. The summed E-state index contributed by atoms with van der Waals surface area (Å²) in [6, 6.07) is 11.0. The van der Waals surface area contributed by atoms with Crippen LogP contribution in [0.1, 0.15) is 11.1 Å². The number of anilines is 1. The zero-order valence-corrected chi connectivity index (χ0v) is 14.2. The van der Waals surface area contributed by atoms with E-state index in [1.807, 2.05) is 25.1 Å². The van der Waals surface area contributed by atoms with Crippen LogP contribution in [0.3, 0.4) is 0 Å². The number of fused-ring (bicyclic) bond motifs is 3. The van der Waals surface area contributed by atoms with Gasteiger partial charge in [-0.05, 0) is 42.8 Å². The number of phenols is 1. The Hall–Kier alpha value is -3.68. The van der Waals surface area contributed by atoms with Crippen molar-refractivity contribution in [2.45, 2.75) is 6.92 Å². The van der Waals surface area contributed by atoms with Crippen LogP contribution >= 0.6 is 0 Å². The fourth-order valence-corrected chi connectivity index (χ4v) is 2.67. The van der Waals surface area contributed by atoms with Crippen molar-refractivity contribution in [3.05, 3.63) is 47.5 Å². The molecule has 0 saturated heterocycles. The van der Waals surface area contributed by atoms with Gasteiger partial charge in [-0.2, -0.15) is 10.1 Å². The highest BCUT2D eigenvalue weighted by Crippen LogP contribution is 2.26. The fourth-order valence-electron chi connectivity index (χ4n) is 2.67. The van der Waals surface area contributed by atoms with Crippen LogP contribution in [0.25, 0.3) is 22.1 Å². The molecule has 0 amide bonds. The van der Waals surface area contributed by atoms with Crippen LogP contribution in [0.5, 0.6) is 11.5 Å². The van der Waals surface area contributed by atoms with Gasteiger partial charge in [0.2, 0.25) is 0 Å². The van der Waals surface area contributed by atoms with E-state index in [1.54, 1.807) is 18.3 Å². The number of aryl methyl sites for hydroxylation is 1. The van der Waals surface area contributed by atoms with Crippen molar-refractivity contribution in [2.75, 3.05) is 12.5 Å². The quantitative estimate of drug-likeness (QED) is 0.386. The molecular formula is C18H16N6O2. The normalized spacial score (nSPS) is 11.5. The minimum atomic E-state index is 0.0737. The largest absolute Gasteiger partial charge is 0.504 e. The van der Waals surface area contributed by atoms with E-state index in [2.05, 4.69) is 30.7 Å². The third-order valence-electron chi connectivity index (χ3n) is 3.95. The monoisotopic (exact) mass is 348 g/mol. The Balaban J connectivity index is 1.58. The molecule has 0 atom stereocenters. The van der Waals surface area contributed by atoms with Crippen LogP contribution in [0.4, 0.5) is 5.95 Å². The average molecular weight is 348 g/mol. The SMILES string of the molecule is COc1cc(C=NNc2nnc3c(n2)[nH]c2ccc(C)cc23)ccc1O. The summed E-state index contributed by atoms with van der Waals surface area (Å²) in [4.78, 5) is 7.63. The Bertz CT molecular complexity index is 1140. The first-order valence-corrected chi connectivity index (χ1v) is 7.93. The van der Waals surface area contributed by atoms with E-state index >= 15 is 0 Å². The second-order valence-electron chi connectivity index (χ2n) is 5.81. The number of aromatic hydroxyl groups is 1. The molecule has 2 aromatic heterocycles. The van der Waals surface area contributed by atoms with Gasteiger partial charge in [0.05, 0.1) is 13.3 Å². The second-order valence-corrected chi connectivity index (χ2v) is 5.81. The van der Waals surface area contributed by atoms with Crippen LogP contribution < -0.4 is 10.2 Å². The lowest BCUT2D eigenvalue weighted by atomic mass is 10.2. The van der Waals surface area contributed by atoms with Crippen LogP contribution in [-0.2, 0) is 0 Å². The number of hydrogen-bond donors (Lipinski definition) is 3. The molecule has 0 aliphatic carbocycles. The third-order valence-corrected chi connectivity index (χ3v) is 3.95. The number of methoxy groups -OCH3 is 1. The Morgan fingerprint density at radius 3 is 2.92 bits per heavy atom. The van der Waals surface area contributed by atoms with E-state index in [1.165, 1.54) is 13.2 Å². The molecule has 4 rings (SSSR count). The number of rotatable bonds is 4. The van der Waals surface area contributed by atoms with Crippen LogP contribution in [-0.4, -0.2) is 38.6 Å². The molecule has 26 heavy (non-hydrogen) atoms. The first kappa shape index (κ1) is 15.8. The van der Waals surface area contributed by atoms with Gasteiger partial charge < -0.3 is 14.8 Å². The van der Waals surface area contributed by atoms with Crippen LogP contribution in [0.2, 0.25) is 0 Å². The summed E-state index contributed by atoms with van der Waals surface area (Å²) in [7, 11) is 1.49. The van der Waals surface area contributed by atoms with Gasteiger partial charge in [-0.15, -0.1) is 10.2 Å². The van der Waals surface area contributed by atoms with E-state index in [0.717, 1.165) is 27.5 Å². The highest BCUT2D eigenvalue weighted by Gasteiger charge is 2.09. The van der Waals surface area contributed by atoms with Crippen molar-refractivity contribution >= 4 is 34.2 Å². The number of hydrazone groups is 1. The Morgan fingerprint density at radius 2 is 2.08 bits per heavy atom. The van der Waals surface area contributed by atoms with Gasteiger partial charge in [-0.25, -0.2) is 5.43 Å². The van der Waals surface area contributed by atoms with Crippen molar-refractivity contribution < 1.29 is 9.84 Å². The summed E-state index contributed by atoms with van der Waals surface area (Å²) in [6.07, 6.45) is 1.57. The summed E-state index contributed by atoms with van der Waals surface area (Å²) in [5.74, 6) is 0.731. The van der Waals surface area contributed by atoms with Gasteiger partial charge in [0.25, 0.3) is 5.95 Å². The molecule has 0 bridgehead atoms. The second kappa shape index (κ2) is 6.32. The third kappa shape index (κ3) is 2.88. The number of aromatic amines is 1. The molecule has 0 radical (unpaired) electrons.